The van der Waals surface area contributed by atoms with E-state index in [9.17, 15) is 0 Å². The molecule has 1 nitrogen and oxygen atoms in total. The van der Waals surface area contributed by atoms with E-state index in [0.717, 1.165) is 6.42 Å². The van der Waals surface area contributed by atoms with E-state index < -0.39 is 0 Å². The first-order valence-electron chi connectivity index (χ1n) is 9.81. The lowest BCUT2D eigenvalue weighted by Gasteiger charge is -2.14. The number of hydrogen-bond acceptors (Lipinski definition) is 0. The highest BCUT2D eigenvalue weighted by Gasteiger charge is 2.20. The molecule has 0 bridgehead atoms. The highest BCUT2D eigenvalue weighted by atomic mass is 14.9. The molecule has 1 heterocycles. The van der Waals surface area contributed by atoms with Crippen LogP contribution in [-0.4, -0.2) is 0 Å². The van der Waals surface area contributed by atoms with Crippen molar-refractivity contribution in [2.45, 2.75) is 53.9 Å². The quantitative estimate of drug-likeness (QED) is 0.490. The Morgan fingerprint density at radius 2 is 1.62 bits per heavy atom. The first kappa shape index (κ1) is 18.6. The van der Waals surface area contributed by atoms with Crippen LogP contribution in [0.4, 0.5) is 0 Å². The molecular weight excluding hydrogens is 314 g/mol. The molecule has 0 radical (unpaired) electrons. The van der Waals surface area contributed by atoms with Gasteiger partial charge in [0.2, 0.25) is 5.69 Å². The molecule has 0 atom stereocenters. The van der Waals surface area contributed by atoms with Crippen LogP contribution in [0.5, 0.6) is 0 Å². The summed E-state index contributed by atoms with van der Waals surface area (Å²) in [5.41, 5.74) is 8.14. The lowest BCUT2D eigenvalue weighted by Crippen LogP contribution is -2.35. The number of aromatic nitrogens is 1. The van der Waals surface area contributed by atoms with Gasteiger partial charge in [-0.25, -0.2) is 0 Å². The van der Waals surface area contributed by atoms with E-state index in [0.29, 0.717) is 11.8 Å². The minimum atomic E-state index is 0.536. The van der Waals surface area contributed by atoms with Gasteiger partial charge in [-0.15, -0.1) is 0 Å². The van der Waals surface area contributed by atoms with E-state index >= 15 is 0 Å². The molecule has 136 valence electrons. The fourth-order valence-electron chi connectivity index (χ4n) is 3.80. The second-order valence-electron chi connectivity index (χ2n) is 8.44. The third kappa shape index (κ3) is 3.53. The van der Waals surface area contributed by atoms with Crippen LogP contribution in [0.1, 0.15) is 56.0 Å². The van der Waals surface area contributed by atoms with Gasteiger partial charge in [0.25, 0.3) is 0 Å². The standard InChI is InChI=1S/C25H32N/c1-16(2)12-20-9-11-23-22(14-20)13-19(6)26(7)25(23)24-15-21(17(3)4)10-8-18(24)5/h8-11,13-17H,12H2,1-7H3/q+1. The second kappa shape index (κ2) is 7.23. The summed E-state index contributed by atoms with van der Waals surface area (Å²) < 4.78 is 2.34. The maximum absolute atomic E-state index is 2.39. The van der Waals surface area contributed by atoms with Crippen molar-refractivity contribution in [3.05, 3.63) is 64.8 Å². The predicted octanol–water partition coefficient (Wildman–Crippen LogP) is 6.27. The van der Waals surface area contributed by atoms with Crippen molar-refractivity contribution in [1.29, 1.82) is 0 Å². The van der Waals surface area contributed by atoms with Crippen LogP contribution in [0.15, 0.2) is 42.5 Å². The second-order valence-corrected chi connectivity index (χ2v) is 8.44. The first-order chi connectivity index (χ1) is 12.3. The summed E-state index contributed by atoms with van der Waals surface area (Å²) in [7, 11) is 2.19. The molecular formula is C25H32N+. The number of hydrogen-bond donors (Lipinski definition) is 0. The van der Waals surface area contributed by atoms with E-state index in [1.165, 1.54) is 44.4 Å². The monoisotopic (exact) mass is 346 g/mol. The summed E-state index contributed by atoms with van der Waals surface area (Å²) in [5, 5.41) is 2.69. The molecule has 0 saturated heterocycles. The normalized spacial score (nSPS) is 11.7. The van der Waals surface area contributed by atoms with Crippen molar-refractivity contribution in [3.63, 3.8) is 0 Å². The molecule has 0 aliphatic rings. The number of fused-ring (bicyclic) bond motifs is 1. The van der Waals surface area contributed by atoms with Gasteiger partial charge in [0.15, 0.2) is 5.69 Å². The van der Waals surface area contributed by atoms with Crippen LogP contribution < -0.4 is 4.57 Å². The largest absolute Gasteiger partial charge is 0.220 e. The van der Waals surface area contributed by atoms with E-state index in [1.54, 1.807) is 0 Å². The van der Waals surface area contributed by atoms with E-state index in [2.05, 4.69) is 95.6 Å². The average molecular weight is 347 g/mol. The zero-order valence-corrected chi connectivity index (χ0v) is 17.4. The van der Waals surface area contributed by atoms with Gasteiger partial charge >= 0.3 is 0 Å². The Morgan fingerprint density at radius 3 is 2.27 bits per heavy atom. The number of aryl methyl sites for hydroxylation is 2. The maximum Gasteiger partial charge on any atom is 0.220 e. The Labute approximate surface area is 158 Å². The third-order valence-corrected chi connectivity index (χ3v) is 5.43. The lowest BCUT2D eigenvalue weighted by atomic mass is 9.92. The summed E-state index contributed by atoms with van der Waals surface area (Å²) in [6, 6.07) is 16.3. The Morgan fingerprint density at radius 1 is 0.885 bits per heavy atom. The molecule has 0 spiro atoms. The average Bonchev–Trinajstić information content (AvgIpc) is 2.56. The molecule has 0 aliphatic carbocycles. The summed E-state index contributed by atoms with van der Waals surface area (Å²) in [6.07, 6.45) is 1.13. The topological polar surface area (TPSA) is 3.88 Å². The van der Waals surface area contributed by atoms with Crippen molar-refractivity contribution in [3.8, 4) is 11.3 Å². The summed E-state index contributed by atoms with van der Waals surface area (Å²) in [5.74, 6) is 1.21. The van der Waals surface area contributed by atoms with Gasteiger partial charge in [0, 0.05) is 18.6 Å². The highest BCUT2D eigenvalue weighted by Crippen LogP contribution is 2.31. The SMILES string of the molecule is Cc1ccc(C(C)C)cc1-c1c2ccc(CC(C)C)cc2cc(C)[n+]1C. The van der Waals surface area contributed by atoms with Gasteiger partial charge in [-0.2, -0.15) is 4.57 Å². The van der Waals surface area contributed by atoms with Crippen LogP contribution in [0.25, 0.3) is 22.0 Å². The van der Waals surface area contributed by atoms with Gasteiger partial charge in [-0.05, 0) is 59.4 Å². The zero-order valence-electron chi connectivity index (χ0n) is 17.4. The van der Waals surface area contributed by atoms with Crippen LogP contribution in [-0.2, 0) is 13.5 Å². The van der Waals surface area contributed by atoms with Gasteiger partial charge < -0.3 is 0 Å². The number of nitrogens with zero attached hydrogens (tertiary/aromatic N) is 1. The van der Waals surface area contributed by atoms with E-state index in [-0.39, 0.29) is 0 Å². The molecule has 3 aromatic rings. The molecule has 26 heavy (non-hydrogen) atoms. The molecule has 2 aromatic carbocycles. The number of benzene rings is 2. The third-order valence-electron chi connectivity index (χ3n) is 5.43. The molecule has 1 aromatic heterocycles. The fourth-order valence-corrected chi connectivity index (χ4v) is 3.80. The van der Waals surface area contributed by atoms with E-state index in [1.807, 2.05) is 0 Å². The smallest absolute Gasteiger partial charge is 0.198 e. The lowest BCUT2D eigenvalue weighted by molar-refractivity contribution is -0.665. The van der Waals surface area contributed by atoms with Gasteiger partial charge in [0.05, 0.1) is 5.39 Å². The zero-order chi connectivity index (χ0) is 19.0. The Hall–Kier alpha value is -2.15. The maximum atomic E-state index is 2.39. The minimum absolute atomic E-state index is 0.536. The highest BCUT2D eigenvalue weighted by molar-refractivity contribution is 5.94. The van der Waals surface area contributed by atoms with Crippen molar-refractivity contribution in [2.75, 3.05) is 0 Å². The Balaban J connectivity index is 2.28. The predicted molar refractivity (Wildman–Crippen MR) is 113 cm³/mol. The molecule has 0 N–H and O–H groups in total. The molecule has 0 aliphatic heterocycles. The number of pyridine rings is 1. The van der Waals surface area contributed by atoms with Crippen LogP contribution in [0, 0.1) is 19.8 Å². The van der Waals surface area contributed by atoms with Gasteiger partial charge in [-0.3, -0.25) is 0 Å². The van der Waals surface area contributed by atoms with Crippen molar-refractivity contribution >= 4 is 10.8 Å². The van der Waals surface area contributed by atoms with Gasteiger partial charge in [-0.1, -0.05) is 52.0 Å². The van der Waals surface area contributed by atoms with Crippen molar-refractivity contribution in [1.82, 2.24) is 0 Å². The van der Waals surface area contributed by atoms with Crippen LogP contribution >= 0.6 is 0 Å². The molecule has 3 rings (SSSR count). The summed E-state index contributed by atoms with van der Waals surface area (Å²) in [4.78, 5) is 0. The first-order valence-corrected chi connectivity index (χ1v) is 9.81. The summed E-state index contributed by atoms with van der Waals surface area (Å²) >= 11 is 0. The van der Waals surface area contributed by atoms with Crippen molar-refractivity contribution < 1.29 is 4.57 Å². The number of rotatable bonds is 4. The van der Waals surface area contributed by atoms with E-state index in [4.69, 9.17) is 0 Å². The minimum Gasteiger partial charge on any atom is -0.198 e. The van der Waals surface area contributed by atoms with Crippen molar-refractivity contribution in [2.24, 2.45) is 13.0 Å². The van der Waals surface area contributed by atoms with Crippen LogP contribution in [0.2, 0.25) is 0 Å². The molecule has 0 saturated carbocycles. The molecule has 0 fully saturated rings. The Bertz CT molecular complexity index is 948. The van der Waals surface area contributed by atoms with Crippen LogP contribution in [0.3, 0.4) is 0 Å². The molecule has 0 amide bonds. The fraction of sp³-hybridized carbons (Fsp3) is 0.400. The Kier molecular flexibility index (Phi) is 5.18. The molecule has 0 unspecified atom stereocenters. The summed E-state index contributed by atoms with van der Waals surface area (Å²) in [6.45, 7) is 13.5. The van der Waals surface area contributed by atoms with Gasteiger partial charge in [0.1, 0.15) is 7.05 Å². The molecule has 1 heteroatoms.